The molecule has 0 aliphatic heterocycles. The molecule has 1 atom stereocenters. The van der Waals surface area contributed by atoms with E-state index >= 15 is 0 Å². The Balaban J connectivity index is 1.43. The zero-order valence-corrected chi connectivity index (χ0v) is 16.1. The number of ether oxygens (including phenoxy) is 1. The van der Waals surface area contributed by atoms with Gasteiger partial charge in [-0.15, -0.1) is 0 Å². The highest BCUT2D eigenvalue weighted by atomic mass is 16.5. The van der Waals surface area contributed by atoms with Crippen LogP contribution in [0.4, 0.5) is 5.82 Å². The fourth-order valence-corrected chi connectivity index (χ4v) is 2.67. The number of benzene rings is 2. The van der Waals surface area contributed by atoms with Gasteiger partial charge in [0.05, 0.1) is 6.42 Å². The zero-order chi connectivity index (χ0) is 20.8. The van der Waals surface area contributed by atoms with Gasteiger partial charge in [0.25, 0.3) is 11.8 Å². The quantitative estimate of drug-likeness (QED) is 0.595. The predicted octanol–water partition coefficient (Wildman–Crippen LogP) is 2.83. The normalized spacial score (nSPS) is 11.7. The highest BCUT2D eigenvalue weighted by molar-refractivity contribution is 5.98. The summed E-state index contributed by atoms with van der Waals surface area (Å²) in [6, 6.07) is 14.7. The van der Waals surface area contributed by atoms with Crippen LogP contribution in [0.5, 0.6) is 0 Å². The Bertz CT molecular complexity index is 1040. The van der Waals surface area contributed by atoms with Crippen molar-refractivity contribution in [2.75, 3.05) is 11.9 Å². The van der Waals surface area contributed by atoms with Crippen molar-refractivity contribution < 1.29 is 23.6 Å². The topological polar surface area (TPSA) is 111 Å². The number of nitrogens with one attached hydrogen (secondary N) is 2. The number of amides is 2. The fourth-order valence-electron chi connectivity index (χ4n) is 2.67. The Morgan fingerprint density at radius 3 is 2.59 bits per heavy atom. The molecule has 0 fully saturated rings. The molecule has 3 rings (SSSR count). The average Bonchev–Trinajstić information content (AvgIpc) is 3.11. The van der Waals surface area contributed by atoms with E-state index in [-0.39, 0.29) is 24.7 Å². The molecule has 29 heavy (non-hydrogen) atoms. The summed E-state index contributed by atoms with van der Waals surface area (Å²) in [4.78, 5) is 36.2. The summed E-state index contributed by atoms with van der Waals surface area (Å²) in [5, 5.41) is 10.8. The predicted molar refractivity (Wildman–Crippen MR) is 106 cm³/mol. The van der Waals surface area contributed by atoms with Crippen LogP contribution in [0.25, 0.3) is 10.8 Å². The molecular formula is C21H21N3O5. The number of nitrogens with zero attached hydrogens (tertiary/aromatic N) is 1. The number of carbonyl (C=O) groups is 3. The van der Waals surface area contributed by atoms with Crippen LogP contribution in [0.15, 0.2) is 53.1 Å². The van der Waals surface area contributed by atoms with Crippen LogP contribution in [-0.2, 0) is 14.3 Å². The molecule has 2 amide bonds. The SMILES string of the molecule is Cc1cc(NC(=O)[C@@H](C)OC(=O)CCNC(=O)c2ccc3ccccc3c2)no1. The Morgan fingerprint density at radius 2 is 1.86 bits per heavy atom. The molecule has 2 aromatic carbocycles. The summed E-state index contributed by atoms with van der Waals surface area (Å²) in [5.41, 5.74) is 0.507. The molecule has 8 nitrogen and oxygen atoms in total. The van der Waals surface area contributed by atoms with Crippen molar-refractivity contribution >= 4 is 34.4 Å². The second-order valence-electron chi connectivity index (χ2n) is 6.51. The van der Waals surface area contributed by atoms with Gasteiger partial charge in [0.1, 0.15) is 5.76 Å². The van der Waals surface area contributed by atoms with E-state index in [4.69, 9.17) is 9.26 Å². The first-order valence-corrected chi connectivity index (χ1v) is 9.13. The number of aryl methyl sites for hydroxylation is 1. The summed E-state index contributed by atoms with van der Waals surface area (Å²) in [6.07, 6.45) is -1.06. The molecule has 3 aromatic rings. The van der Waals surface area contributed by atoms with Gasteiger partial charge in [0.2, 0.25) is 0 Å². The maximum Gasteiger partial charge on any atom is 0.308 e. The first-order chi connectivity index (χ1) is 13.9. The van der Waals surface area contributed by atoms with Crippen LogP contribution in [0.3, 0.4) is 0 Å². The van der Waals surface area contributed by atoms with Crippen molar-refractivity contribution in [1.29, 1.82) is 0 Å². The van der Waals surface area contributed by atoms with E-state index in [0.717, 1.165) is 10.8 Å². The Morgan fingerprint density at radius 1 is 1.10 bits per heavy atom. The molecule has 2 N–H and O–H groups in total. The first-order valence-electron chi connectivity index (χ1n) is 9.13. The van der Waals surface area contributed by atoms with Gasteiger partial charge in [0, 0.05) is 18.2 Å². The fraction of sp³-hybridized carbons (Fsp3) is 0.238. The number of rotatable bonds is 7. The minimum Gasteiger partial charge on any atom is -0.452 e. The smallest absolute Gasteiger partial charge is 0.308 e. The molecule has 0 aliphatic rings. The van der Waals surface area contributed by atoms with E-state index in [2.05, 4.69) is 15.8 Å². The number of hydrogen-bond donors (Lipinski definition) is 2. The van der Waals surface area contributed by atoms with Gasteiger partial charge in [-0.2, -0.15) is 0 Å². The zero-order valence-electron chi connectivity index (χ0n) is 16.1. The molecule has 1 aromatic heterocycles. The van der Waals surface area contributed by atoms with Crippen molar-refractivity contribution in [3.8, 4) is 0 Å². The second-order valence-corrected chi connectivity index (χ2v) is 6.51. The monoisotopic (exact) mass is 395 g/mol. The van der Waals surface area contributed by atoms with Crippen molar-refractivity contribution in [3.63, 3.8) is 0 Å². The van der Waals surface area contributed by atoms with Crippen molar-refractivity contribution in [3.05, 3.63) is 59.9 Å². The lowest BCUT2D eigenvalue weighted by Gasteiger charge is -2.12. The third-order valence-corrected chi connectivity index (χ3v) is 4.18. The maximum atomic E-state index is 12.3. The third kappa shape index (κ3) is 5.41. The Labute approximate surface area is 167 Å². The minimum absolute atomic E-state index is 0.0555. The number of carbonyl (C=O) groups excluding carboxylic acids is 3. The van der Waals surface area contributed by atoms with E-state index in [1.807, 2.05) is 30.3 Å². The molecule has 150 valence electrons. The first kappa shape index (κ1) is 20.1. The summed E-state index contributed by atoms with van der Waals surface area (Å²) < 4.78 is 9.92. The summed E-state index contributed by atoms with van der Waals surface area (Å²) in [6.45, 7) is 3.24. The number of anilines is 1. The van der Waals surface area contributed by atoms with Crippen molar-refractivity contribution in [1.82, 2.24) is 10.5 Å². The van der Waals surface area contributed by atoms with Crippen LogP contribution in [-0.4, -0.2) is 35.6 Å². The van der Waals surface area contributed by atoms with Crippen LogP contribution in [0.1, 0.15) is 29.5 Å². The van der Waals surface area contributed by atoms with Crippen LogP contribution in [0.2, 0.25) is 0 Å². The van der Waals surface area contributed by atoms with E-state index in [1.165, 1.54) is 6.92 Å². The highest BCUT2D eigenvalue weighted by Crippen LogP contribution is 2.15. The number of esters is 1. The molecule has 0 saturated carbocycles. The molecule has 0 bridgehead atoms. The lowest BCUT2D eigenvalue weighted by molar-refractivity contribution is -0.153. The number of hydrogen-bond acceptors (Lipinski definition) is 6. The third-order valence-electron chi connectivity index (χ3n) is 4.18. The highest BCUT2D eigenvalue weighted by Gasteiger charge is 2.19. The van der Waals surface area contributed by atoms with E-state index in [1.54, 1.807) is 25.1 Å². The van der Waals surface area contributed by atoms with Gasteiger partial charge < -0.3 is 19.9 Å². The van der Waals surface area contributed by atoms with E-state index in [0.29, 0.717) is 11.3 Å². The average molecular weight is 395 g/mol. The molecule has 0 saturated heterocycles. The van der Waals surface area contributed by atoms with Crippen LogP contribution < -0.4 is 10.6 Å². The van der Waals surface area contributed by atoms with Gasteiger partial charge >= 0.3 is 5.97 Å². The number of fused-ring (bicyclic) bond motifs is 1. The summed E-state index contributed by atoms with van der Waals surface area (Å²) in [5.74, 6) is -0.601. The largest absolute Gasteiger partial charge is 0.452 e. The lowest BCUT2D eigenvalue weighted by Crippen LogP contribution is -2.32. The van der Waals surface area contributed by atoms with Crippen molar-refractivity contribution in [2.24, 2.45) is 0 Å². The van der Waals surface area contributed by atoms with Crippen LogP contribution in [0, 0.1) is 6.92 Å². The Hall–Kier alpha value is -3.68. The van der Waals surface area contributed by atoms with E-state index in [9.17, 15) is 14.4 Å². The molecule has 0 unspecified atom stereocenters. The molecule has 1 heterocycles. The molecule has 0 aliphatic carbocycles. The van der Waals surface area contributed by atoms with Gasteiger partial charge in [0.15, 0.2) is 11.9 Å². The molecule has 0 radical (unpaired) electrons. The standard InChI is InChI=1S/C21H21N3O5/c1-13-11-18(24-29-13)23-20(26)14(2)28-19(25)9-10-22-21(27)17-8-7-15-5-3-4-6-16(15)12-17/h3-8,11-12,14H,9-10H2,1-2H3,(H,22,27)(H,23,24,26)/t14-/m1/s1. The number of aromatic nitrogens is 1. The lowest BCUT2D eigenvalue weighted by atomic mass is 10.1. The molecular weight excluding hydrogens is 374 g/mol. The molecule has 8 heteroatoms. The second kappa shape index (κ2) is 9.01. The Kier molecular flexibility index (Phi) is 6.23. The van der Waals surface area contributed by atoms with Crippen LogP contribution >= 0.6 is 0 Å². The maximum absolute atomic E-state index is 12.3. The summed E-state index contributed by atoms with van der Waals surface area (Å²) >= 11 is 0. The van der Waals surface area contributed by atoms with Gasteiger partial charge in [-0.3, -0.25) is 14.4 Å². The van der Waals surface area contributed by atoms with E-state index < -0.39 is 18.0 Å². The van der Waals surface area contributed by atoms with Crippen molar-refractivity contribution in [2.45, 2.75) is 26.4 Å². The molecule has 0 spiro atoms. The summed E-state index contributed by atoms with van der Waals surface area (Å²) in [7, 11) is 0. The van der Waals surface area contributed by atoms with Gasteiger partial charge in [-0.1, -0.05) is 35.5 Å². The van der Waals surface area contributed by atoms with Gasteiger partial charge in [-0.25, -0.2) is 0 Å². The van der Waals surface area contributed by atoms with Gasteiger partial charge in [-0.05, 0) is 36.8 Å². The minimum atomic E-state index is -1.00.